The van der Waals surface area contributed by atoms with Crippen molar-refractivity contribution in [3.63, 3.8) is 0 Å². The Bertz CT molecular complexity index is 929. The highest BCUT2D eigenvalue weighted by Crippen LogP contribution is 2.30. The molecule has 3 rings (SSSR count). The second kappa shape index (κ2) is 9.27. The van der Waals surface area contributed by atoms with Gasteiger partial charge in [0, 0.05) is 12.1 Å². The Morgan fingerprint density at radius 2 is 1.69 bits per heavy atom. The van der Waals surface area contributed by atoms with Crippen LogP contribution in [0.2, 0.25) is 0 Å². The Hall–Kier alpha value is -2.59. The Morgan fingerprint density at radius 3 is 2.34 bits per heavy atom. The van der Waals surface area contributed by atoms with Gasteiger partial charge in [-0.1, -0.05) is 0 Å². The molecule has 1 aromatic heterocycles. The van der Waals surface area contributed by atoms with Crippen molar-refractivity contribution < 1.29 is 27.4 Å². The monoisotopic (exact) mass is 423 g/mol. The van der Waals surface area contributed by atoms with Gasteiger partial charge in [0.25, 0.3) is 0 Å². The Labute approximate surface area is 170 Å². The van der Waals surface area contributed by atoms with E-state index in [0.29, 0.717) is 43.2 Å². The average Bonchev–Trinajstić information content (AvgIpc) is 2.74. The number of hydrogen-bond donors (Lipinski definition) is 1. The van der Waals surface area contributed by atoms with Gasteiger partial charge >= 0.3 is 0 Å². The highest BCUT2D eigenvalue weighted by atomic mass is 32.2. The van der Waals surface area contributed by atoms with E-state index >= 15 is 0 Å². The van der Waals surface area contributed by atoms with Crippen LogP contribution in [0.15, 0.2) is 35.5 Å². The normalized spacial score (nSPS) is 19.4. The summed E-state index contributed by atoms with van der Waals surface area (Å²) in [4.78, 5) is 8.30. The molecule has 1 N–H and O–H groups in total. The van der Waals surface area contributed by atoms with Crippen LogP contribution in [0, 0.1) is 0 Å². The van der Waals surface area contributed by atoms with E-state index in [1.165, 1.54) is 39.8 Å². The van der Waals surface area contributed by atoms with Gasteiger partial charge < -0.3 is 18.9 Å². The number of ether oxygens (including phenoxy) is 4. The lowest BCUT2D eigenvalue weighted by Gasteiger charge is -2.29. The van der Waals surface area contributed by atoms with Gasteiger partial charge in [-0.05, 0) is 37.8 Å². The Morgan fingerprint density at radius 1 is 0.966 bits per heavy atom. The molecule has 29 heavy (non-hydrogen) atoms. The molecular formula is C19H25N3O6S. The molecule has 0 radical (unpaired) electrons. The van der Waals surface area contributed by atoms with E-state index in [-0.39, 0.29) is 22.8 Å². The van der Waals surface area contributed by atoms with E-state index in [1.807, 2.05) is 0 Å². The van der Waals surface area contributed by atoms with Gasteiger partial charge in [-0.15, -0.1) is 0 Å². The molecular weight excluding hydrogens is 398 g/mol. The number of sulfonamides is 1. The fraction of sp³-hybridized carbons (Fsp3) is 0.474. The van der Waals surface area contributed by atoms with Crippen molar-refractivity contribution in [3.05, 3.63) is 30.6 Å². The molecule has 0 atom stereocenters. The summed E-state index contributed by atoms with van der Waals surface area (Å²) in [5.74, 6) is 1.55. The molecule has 158 valence electrons. The number of methoxy groups -OCH3 is 3. The molecule has 1 aromatic carbocycles. The predicted octanol–water partition coefficient (Wildman–Crippen LogP) is 2.17. The number of nitrogens with zero attached hydrogens (tertiary/aromatic N) is 2. The van der Waals surface area contributed by atoms with Crippen LogP contribution in [-0.4, -0.2) is 51.9 Å². The van der Waals surface area contributed by atoms with Crippen molar-refractivity contribution in [1.29, 1.82) is 0 Å². The van der Waals surface area contributed by atoms with E-state index in [9.17, 15) is 8.42 Å². The van der Waals surface area contributed by atoms with Crippen LogP contribution >= 0.6 is 0 Å². The third-order valence-electron chi connectivity index (χ3n) is 4.74. The number of nitrogens with one attached hydrogen (secondary N) is 1. The van der Waals surface area contributed by atoms with Crippen LogP contribution < -0.4 is 23.7 Å². The predicted molar refractivity (Wildman–Crippen MR) is 105 cm³/mol. The first kappa shape index (κ1) is 21.1. The minimum atomic E-state index is -3.72. The standard InChI is InChI=1S/C19H25N3O6S/c1-25-15-8-9-17(16(10-15)26-2)29(23,24)22-13-4-6-14(7-5-13)28-19-12-20-11-18(21-19)27-3/h8-14,22H,4-7H2,1-3H3. The molecule has 0 unspecified atom stereocenters. The summed E-state index contributed by atoms with van der Waals surface area (Å²) in [5, 5.41) is 0. The second-order valence-electron chi connectivity index (χ2n) is 6.63. The molecule has 1 aliphatic carbocycles. The van der Waals surface area contributed by atoms with Gasteiger partial charge in [-0.25, -0.2) is 13.1 Å². The summed E-state index contributed by atoms with van der Waals surface area (Å²) >= 11 is 0. The minimum Gasteiger partial charge on any atom is -0.497 e. The van der Waals surface area contributed by atoms with Crippen molar-refractivity contribution in [2.24, 2.45) is 0 Å². The van der Waals surface area contributed by atoms with Crippen LogP contribution in [-0.2, 0) is 10.0 Å². The van der Waals surface area contributed by atoms with Gasteiger partial charge in [0.05, 0.1) is 33.7 Å². The molecule has 0 aliphatic heterocycles. The van der Waals surface area contributed by atoms with Gasteiger partial charge in [0.15, 0.2) is 0 Å². The van der Waals surface area contributed by atoms with Crippen LogP contribution in [0.5, 0.6) is 23.3 Å². The average molecular weight is 423 g/mol. The first-order valence-corrected chi connectivity index (χ1v) is 10.7. The fourth-order valence-corrected chi connectivity index (χ4v) is 4.69. The number of rotatable bonds is 8. The summed E-state index contributed by atoms with van der Waals surface area (Å²) in [6, 6.07) is 4.45. The van der Waals surface area contributed by atoms with E-state index in [2.05, 4.69) is 14.7 Å². The summed E-state index contributed by atoms with van der Waals surface area (Å²) in [5.41, 5.74) is 0. The van der Waals surface area contributed by atoms with Crippen LogP contribution in [0.25, 0.3) is 0 Å². The lowest BCUT2D eigenvalue weighted by molar-refractivity contribution is 0.136. The van der Waals surface area contributed by atoms with Crippen LogP contribution in [0.3, 0.4) is 0 Å². The zero-order valence-electron chi connectivity index (χ0n) is 16.6. The third kappa shape index (κ3) is 5.27. The maximum absolute atomic E-state index is 12.8. The SMILES string of the molecule is COc1ccc(S(=O)(=O)NC2CCC(Oc3cncc(OC)n3)CC2)c(OC)c1. The summed E-state index contributed by atoms with van der Waals surface area (Å²) in [6.45, 7) is 0. The van der Waals surface area contributed by atoms with Crippen molar-refractivity contribution in [3.8, 4) is 23.3 Å². The second-order valence-corrected chi connectivity index (χ2v) is 8.31. The van der Waals surface area contributed by atoms with Crippen molar-refractivity contribution >= 4 is 10.0 Å². The fourth-order valence-electron chi connectivity index (χ4n) is 3.24. The molecule has 0 spiro atoms. The van der Waals surface area contributed by atoms with Crippen molar-refractivity contribution in [1.82, 2.24) is 14.7 Å². The van der Waals surface area contributed by atoms with Gasteiger partial charge in [-0.3, -0.25) is 4.98 Å². The zero-order valence-corrected chi connectivity index (χ0v) is 17.4. The maximum atomic E-state index is 12.8. The maximum Gasteiger partial charge on any atom is 0.244 e. The van der Waals surface area contributed by atoms with Gasteiger partial charge in [-0.2, -0.15) is 4.98 Å². The molecule has 9 nitrogen and oxygen atoms in total. The molecule has 1 heterocycles. The lowest BCUT2D eigenvalue weighted by atomic mass is 9.94. The zero-order chi connectivity index (χ0) is 20.9. The largest absolute Gasteiger partial charge is 0.497 e. The molecule has 0 saturated heterocycles. The topological polar surface area (TPSA) is 109 Å². The quantitative estimate of drug-likeness (QED) is 0.688. The number of aromatic nitrogens is 2. The van der Waals surface area contributed by atoms with Crippen molar-refractivity contribution in [2.75, 3.05) is 21.3 Å². The molecule has 0 bridgehead atoms. The number of benzene rings is 1. The summed E-state index contributed by atoms with van der Waals surface area (Å²) in [6.07, 6.45) is 5.70. The Kier molecular flexibility index (Phi) is 6.75. The summed E-state index contributed by atoms with van der Waals surface area (Å²) < 4.78 is 49.7. The molecule has 1 aliphatic rings. The smallest absolute Gasteiger partial charge is 0.244 e. The van der Waals surface area contributed by atoms with Crippen LogP contribution in [0.4, 0.5) is 0 Å². The molecule has 10 heteroatoms. The van der Waals surface area contributed by atoms with E-state index < -0.39 is 10.0 Å². The minimum absolute atomic E-state index is 0.0484. The van der Waals surface area contributed by atoms with Crippen molar-refractivity contribution in [2.45, 2.75) is 42.7 Å². The summed E-state index contributed by atoms with van der Waals surface area (Å²) in [7, 11) is 0.735. The number of hydrogen-bond acceptors (Lipinski definition) is 8. The van der Waals surface area contributed by atoms with Crippen LogP contribution in [0.1, 0.15) is 25.7 Å². The highest BCUT2D eigenvalue weighted by molar-refractivity contribution is 7.89. The first-order chi connectivity index (χ1) is 13.9. The Balaban J connectivity index is 1.60. The van der Waals surface area contributed by atoms with Gasteiger partial charge in [0.1, 0.15) is 22.5 Å². The van der Waals surface area contributed by atoms with E-state index in [1.54, 1.807) is 12.1 Å². The molecule has 1 saturated carbocycles. The molecule has 1 fully saturated rings. The lowest BCUT2D eigenvalue weighted by Crippen LogP contribution is -2.39. The van der Waals surface area contributed by atoms with Gasteiger partial charge in [0.2, 0.25) is 21.8 Å². The van der Waals surface area contributed by atoms with E-state index in [0.717, 1.165) is 0 Å². The first-order valence-electron chi connectivity index (χ1n) is 9.22. The highest BCUT2D eigenvalue weighted by Gasteiger charge is 2.28. The van der Waals surface area contributed by atoms with E-state index in [4.69, 9.17) is 18.9 Å². The molecule has 2 aromatic rings. The third-order valence-corrected chi connectivity index (χ3v) is 6.30. The molecule has 0 amide bonds.